The Hall–Kier alpha value is -0.610. The summed E-state index contributed by atoms with van der Waals surface area (Å²) in [7, 11) is 0. The number of hydrogen-bond acceptors (Lipinski definition) is 4. The summed E-state index contributed by atoms with van der Waals surface area (Å²) in [5.74, 6) is 1.36. The van der Waals surface area contributed by atoms with Gasteiger partial charge in [0.25, 0.3) is 0 Å². The molecule has 7 atom stereocenters. The van der Waals surface area contributed by atoms with Gasteiger partial charge in [0.15, 0.2) is 0 Å². The van der Waals surface area contributed by atoms with Crippen LogP contribution in [0, 0.1) is 34.5 Å². The van der Waals surface area contributed by atoms with E-state index in [0.717, 1.165) is 25.7 Å². The Kier molecular flexibility index (Phi) is 5.51. The maximum absolute atomic E-state index is 11.3. The highest BCUT2D eigenvalue weighted by molar-refractivity contribution is 5.66. The van der Waals surface area contributed by atoms with Gasteiger partial charge < -0.3 is 14.9 Å². The molecule has 0 aromatic carbocycles. The molecule has 0 aromatic heterocycles. The molecule has 0 radical (unpaired) electrons. The molecule has 144 valence electrons. The first-order valence-corrected chi connectivity index (χ1v) is 10.2. The number of esters is 1. The summed E-state index contributed by atoms with van der Waals surface area (Å²) in [6, 6.07) is 0. The maximum Gasteiger partial charge on any atom is 0.302 e. The monoisotopic (exact) mass is 352 g/mol. The minimum Gasteiger partial charge on any atom is -0.463 e. The molecule has 0 saturated heterocycles. The third-order valence-corrected chi connectivity index (χ3v) is 8.31. The molecular weight excluding hydrogens is 316 g/mol. The molecule has 3 fully saturated rings. The van der Waals surface area contributed by atoms with Crippen LogP contribution in [-0.4, -0.2) is 35.5 Å². The summed E-state index contributed by atoms with van der Waals surface area (Å²) in [6.07, 6.45) is 8.79. The largest absolute Gasteiger partial charge is 0.463 e. The number of ether oxygens (including phenoxy) is 1. The highest BCUT2D eigenvalue weighted by Crippen LogP contribution is 2.62. The predicted molar refractivity (Wildman–Crippen MR) is 96.8 cm³/mol. The zero-order valence-electron chi connectivity index (χ0n) is 16.2. The Bertz CT molecular complexity index is 492. The lowest BCUT2D eigenvalue weighted by molar-refractivity contribution is -0.156. The van der Waals surface area contributed by atoms with Crippen molar-refractivity contribution >= 4 is 5.97 Å². The molecule has 3 aliphatic rings. The Morgan fingerprint density at radius 1 is 1.04 bits per heavy atom. The van der Waals surface area contributed by atoms with Crippen LogP contribution in [-0.2, 0) is 9.53 Å². The fourth-order valence-corrected chi connectivity index (χ4v) is 6.85. The first kappa shape index (κ1) is 19.2. The molecule has 2 N–H and O–H groups in total. The molecule has 0 heterocycles. The summed E-state index contributed by atoms with van der Waals surface area (Å²) < 4.78 is 5.44. The highest BCUT2D eigenvalue weighted by Gasteiger charge is 2.55. The standard InChI is InChI=1S/C21H36O4/c1-14(24)25-16-6-10-21(3,15(11-16)12-22)19-7-9-20(2)8-4-5-18(20)17(19)13-23/h15-19,22-23H,4-13H2,1-3H3/t15-,16+,17+,18+,19+,20+,21+/m1/s1. The highest BCUT2D eigenvalue weighted by atomic mass is 16.5. The van der Waals surface area contributed by atoms with Gasteiger partial charge in [-0.2, -0.15) is 0 Å². The lowest BCUT2D eigenvalue weighted by atomic mass is 9.50. The Morgan fingerprint density at radius 3 is 2.44 bits per heavy atom. The van der Waals surface area contributed by atoms with E-state index in [0.29, 0.717) is 23.2 Å². The second kappa shape index (κ2) is 7.19. The normalized spacial score (nSPS) is 47.3. The van der Waals surface area contributed by atoms with E-state index in [2.05, 4.69) is 13.8 Å². The fourth-order valence-electron chi connectivity index (χ4n) is 6.85. The van der Waals surface area contributed by atoms with Gasteiger partial charge in [0, 0.05) is 20.1 Å². The summed E-state index contributed by atoms with van der Waals surface area (Å²) in [4.78, 5) is 11.3. The molecule has 0 unspecified atom stereocenters. The number of carbonyl (C=O) groups is 1. The molecule has 3 aliphatic carbocycles. The van der Waals surface area contributed by atoms with E-state index >= 15 is 0 Å². The molecule has 0 spiro atoms. The van der Waals surface area contributed by atoms with Crippen molar-refractivity contribution in [3.05, 3.63) is 0 Å². The molecule has 0 bridgehead atoms. The fraction of sp³-hybridized carbons (Fsp3) is 0.952. The summed E-state index contributed by atoms with van der Waals surface area (Å²) >= 11 is 0. The number of hydrogen-bond donors (Lipinski definition) is 2. The van der Waals surface area contributed by atoms with Gasteiger partial charge >= 0.3 is 5.97 Å². The van der Waals surface area contributed by atoms with Crippen molar-refractivity contribution in [1.29, 1.82) is 0 Å². The van der Waals surface area contributed by atoms with E-state index in [1.165, 1.54) is 32.6 Å². The number of rotatable bonds is 4. The summed E-state index contributed by atoms with van der Waals surface area (Å²) in [6.45, 7) is 6.62. The molecule has 4 heteroatoms. The third kappa shape index (κ3) is 3.37. The second-order valence-corrected chi connectivity index (χ2v) is 9.54. The van der Waals surface area contributed by atoms with Crippen LogP contribution in [0.2, 0.25) is 0 Å². The Labute approximate surface area is 152 Å². The zero-order chi connectivity index (χ0) is 18.2. The Morgan fingerprint density at radius 2 is 1.80 bits per heavy atom. The molecule has 4 nitrogen and oxygen atoms in total. The van der Waals surface area contributed by atoms with E-state index in [9.17, 15) is 15.0 Å². The van der Waals surface area contributed by atoms with Crippen molar-refractivity contribution in [2.24, 2.45) is 34.5 Å². The van der Waals surface area contributed by atoms with Crippen LogP contribution in [0.15, 0.2) is 0 Å². The molecular formula is C21H36O4. The average molecular weight is 353 g/mol. The van der Waals surface area contributed by atoms with E-state index in [-0.39, 0.29) is 36.6 Å². The first-order chi connectivity index (χ1) is 11.8. The number of fused-ring (bicyclic) bond motifs is 1. The summed E-state index contributed by atoms with van der Waals surface area (Å²) in [5.41, 5.74) is 0.437. The van der Waals surface area contributed by atoms with Crippen molar-refractivity contribution in [3.8, 4) is 0 Å². The van der Waals surface area contributed by atoms with E-state index in [1.54, 1.807) is 0 Å². The van der Waals surface area contributed by atoms with Crippen molar-refractivity contribution in [3.63, 3.8) is 0 Å². The van der Waals surface area contributed by atoms with Gasteiger partial charge in [-0.3, -0.25) is 4.79 Å². The van der Waals surface area contributed by atoms with Crippen LogP contribution in [0.1, 0.15) is 72.1 Å². The SMILES string of the molecule is CC(=O)O[C@H]1CC[C@](C)([C@H]2CC[C@]3(C)CCC[C@H]3[C@@H]2CO)[C@@H](CO)C1. The zero-order valence-corrected chi connectivity index (χ0v) is 16.2. The van der Waals surface area contributed by atoms with Gasteiger partial charge in [-0.1, -0.05) is 20.3 Å². The van der Waals surface area contributed by atoms with Gasteiger partial charge in [0.05, 0.1) is 0 Å². The van der Waals surface area contributed by atoms with E-state index in [1.807, 2.05) is 0 Å². The van der Waals surface area contributed by atoms with Crippen LogP contribution in [0.4, 0.5) is 0 Å². The quantitative estimate of drug-likeness (QED) is 0.760. The van der Waals surface area contributed by atoms with Crippen LogP contribution in [0.3, 0.4) is 0 Å². The van der Waals surface area contributed by atoms with Crippen LogP contribution >= 0.6 is 0 Å². The van der Waals surface area contributed by atoms with Crippen LogP contribution in [0.5, 0.6) is 0 Å². The van der Waals surface area contributed by atoms with Crippen LogP contribution in [0.25, 0.3) is 0 Å². The van der Waals surface area contributed by atoms with Crippen molar-refractivity contribution in [2.45, 2.75) is 78.2 Å². The van der Waals surface area contributed by atoms with Crippen molar-refractivity contribution in [2.75, 3.05) is 13.2 Å². The Balaban J connectivity index is 1.80. The van der Waals surface area contributed by atoms with Gasteiger partial charge in [-0.15, -0.1) is 0 Å². The first-order valence-electron chi connectivity index (χ1n) is 10.2. The van der Waals surface area contributed by atoms with E-state index in [4.69, 9.17) is 4.74 Å². The van der Waals surface area contributed by atoms with Crippen molar-refractivity contribution in [1.82, 2.24) is 0 Å². The smallest absolute Gasteiger partial charge is 0.302 e. The number of aliphatic hydroxyl groups is 2. The minimum absolute atomic E-state index is 0.0305. The van der Waals surface area contributed by atoms with E-state index < -0.39 is 0 Å². The van der Waals surface area contributed by atoms with Gasteiger partial charge in [0.2, 0.25) is 0 Å². The lowest BCUT2D eigenvalue weighted by Crippen LogP contribution is -2.52. The third-order valence-electron chi connectivity index (χ3n) is 8.31. The van der Waals surface area contributed by atoms with Gasteiger partial charge in [0.1, 0.15) is 6.10 Å². The lowest BCUT2D eigenvalue weighted by Gasteiger charge is -2.56. The maximum atomic E-state index is 11.3. The summed E-state index contributed by atoms with van der Waals surface area (Å²) in [5, 5.41) is 20.4. The minimum atomic E-state index is -0.224. The topological polar surface area (TPSA) is 66.8 Å². The van der Waals surface area contributed by atoms with Gasteiger partial charge in [-0.05, 0) is 79.4 Å². The second-order valence-electron chi connectivity index (χ2n) is 9.54. The molecule has 0 amide bonds. The molecule has 0 aromatic rings. The number of carbonyl (C=O) groups excluding carboxylic acids is 1. The molecule has 25 heavy (non-hydrogen) atoms. The number of aliphatic hydroxyl groups excluding tert-OH is 2. The average Bonchev–Trinajstić information content (AvgIpc) is 2.96. The molecule has 3 rings (SSSR count). The van der Waals surface area contributed by atoms with Gasteiger partial charge in [-0.25, -0.2) is 0 Å². The molecule has 3 saturated carbocycles. The van der Waals surface area contributed by atoms with Crippen LogP contribution < -0.4 is 0 Å². The van der Waals surface area contributed by atoms with Crippen molar-refractivity contribution < 1.29 is 19.7 Å². The molecule has 0 aliphatic heterocycles. The predicted octanol–water partition coefficient (Wildman–Crippen LogP) is 3.54.